The third-order valence-corrected chi connectivity index (χ3v) is 5.71. The molecule has 18 heavy (non-hydrogen) atoms. The molecule has 0 aromatic rings. The first kappa shape index (κ1) is 15.9. The predicted molar refractivity (Wildman–Crippen MR) is 76.6 cm³/mol. The SMILES string of the molecule is CC(C)CNCCN(C)CC1CCCCS1(=O)=O. The van der Waals surface area contributed by atoms with E-state index < -0.39 is 9.84 Å². The van der Waals surface area contributed by atoms with Crippen LogP contribution in [0.3, 0.4) is 0 Å². The van der Waals surface area contributed by atoms with Crippen LogP contribution in [-0.2, 0) is 9.84 Å². The summed E-state index contributed by atoms with van der Waals surface area (Å²) < 4.78 is 23.8. The molecule has 1 atom stereocenters. The molecule has 1 N–H and O–H groups in total. The second-order valence-corrected chi connectivity index (χ2v) is 8.25. The molecule has 1 unspecified atom stereocenters. The van der Waals surface area contributed by atoms with Gasteiger partial charge in [0.15, 0.2) is 9.84 Å². The molecule has 0 saturated carbocycles. The zero-order chi connectivity index (χ0) is 13.6. The van der Waals surface area contributed by atoms with Gasteiger partial charge in [-0.3, -0.25) is 0 Å². The molecular formula is C13H28N2O2S. The van der Waals surface area contributed by atoms with Crippen molar-refractivity contribution in [3.05, 3.63) is 0 Å². The Balaban J connectivity index is 2.24. The largest absolute Gasteiger partial charge is 0.315 e. The molecule has 1 aliphatic heterocycles. The fraction of sp³-hybridized carbons (Fsp3) is 1.00. The highest BCUT2D eigenvalue weighted by Crippen LogP contribution is 2.19. The monoisotopic (exact) mass is 276 g/mol. The number of hydrogen-bond donors (Lipinski definition) is 1. The predicted octanol–water partition coefficient (Wildman–Crippen LogP) is 1.13. The second kappa shape index (κ2) is 7.46. The summed E-state index contributed by atoms with van der Waals surface area (Å²) in [7, 11) is -0.810. The van der Waals surface area contributed by atoms with Crippen LogP contribution >= 0.6 is 0 Å². The van der Waals surface area contributed by atoms with Crippen LogP contribution in [0.15, 0.2) is 0 Å². The zero-order valence-corrected chi connectivity index (χ0v) is 12.8. The first-order valence-corrected chi connectivity index (χ1v) is 8.74. The van der Waals surface area contributed by atoms with Crippen molar-refractivity contribution in [2.45, 2.75) is 38.4 Å². The molecule has 1 rings (SSSR count). The van der Waals surface area contributed by atoms with E-state index in [1.807, 2.05) is 7.05 Å². The molecule has 0 amide bonds. The lowest BCUT2D eigenvalue weighted by atomic mass is 10.2. The summed E-state index contributed by atoms with van der Waals surface area (Å²) in [5.41, 5.74) is 0. The maximum absolute atomic E-state index is 11.9. The van der Waals surface area contributed by atoms with Gasteiger partial charge < -0.3 is 10.2 Å². The first-order chi connectivity index (χ1) is 8.42. The summed E-state index contributed by atoms with van der Waals surface area (Å²) in [6, 6.07) is 0. The fourth-order valence-electron chi connectivity index (χ4n) is 2.33. The molecule has 0 radical (unpaired) electrons. The van der Waals surface area contributed by atoms with Gasteiger partial charge in [0.25, 0.3) is 0 Å². The number of hydrogen-bond acceptors (Lipinski definition) is 4. The van der Waals surface area contributed by atoms with Crippen LogP contribution in [0, 0.1) is 5.92 Å². The van der Waals surface area contributed by atoms with Crippen LogP contribution in [0.4, 0.5) is 0 Å². The molecule has 0 aliphatic carbocycles. The van der Waals surface area contributed by atoms with Crippen LogP contribution in [0.1, 0.15) is 33.1 Å². The average molecular weight is 276 g/mol. The van der Waals surface area contributed by atoms with Gasteiger partial charge in [-0.15, -0.1) is 0 Å². The molecule has 0 bridgehead atoms. The van der Waals surface area contributed by atoms with Gasteiger partial charge in [0.2, 0.25) is 0 Å². The number of rotatable bonds is 7. The van der Waals surface area contributed by atoms with E-state index in [1.165, 1.54) is 0 Å². The second-order valence-electron chi connectivity index (χ2n) is 5.84. The van der Waals surface area contributed by atoms with Gasteiger partial charge in [0, 0.05) is 19.6 Å². The highest BCUT2D eigenvalue weighted by molar-refractivity contribution is 7.92. The lowest BCUT2D eigenvalue weighted by Crippen LogP contribution is -2.40. The summed E-state index contributed by atoms with van der Waals surface area (Å²) in [4.78, 5) is 2.14. The van der Waals surface area contributed by atoms with Crippen LogP contribution < -0.4 is 5.32 Å². The Labute approximate surface area is 112 Å². The highest BCUT2D eigenvalue weighted by Gasteiger charge is 2.29. The molecule has 4 nitrogen and oxygen atoms in total. The maximum Gasteiger partial charge on any atom is 0.154 e. The van der Waals surface area contributed by atoms with Crippen molar-refractivity contribution in [1.29, 1.82) is 0 Å². The Morgan fingerprint density at radius 3 is 2.67 bits per heavy atom. The number of nitrogens with one attached hydrogen (secondary N) is 1. The minimum Gasteiger partial charge on any atom is -0.315 e. The number of likely N-dealkylation sites (N-methyl/N-ethyl adjacent to an activating group) is 1. The van der Waals surface area contributed by atoms with Crippen molar-refractivity contribution >= 4 is 9.84 Å². The van der Waals surface area contributed by atoms with E-state index in [0.29, 0.717) is 18.2 Å². The summed E-state index contributed by atoms with van der Waals surface area (Å²) >= 11 is 0. The van der Waals surface area contributed by atoms with Gasteiger partial charge in [-0.2, -0.15) is 0 Å². The van der Waals surface area contributed by atoms with Gasteiger partial charge in [-0.25, -0.2) is 8.42 Å². The van der Waals surface area contributed by atoms with E-state index in [1.54, 1.807) is 0 Å². The van der Waals surface area contributed by atoms with Crippen molar-refractivity contribution in [3.63, 3.8) is 0 Å². The zero-order valence-electron chi connectivity index (χ0n) is 12.0. The standard InChI is InChI=1S/C13H28N2O2S/c1-12(2)10-14-7-8-15(3)11-13-6-4-5-9-18(13,16)17/h12-14H,4-11H2,1-3H3. The van der Waals surface area contributed by atoms with Gasteiger partial charge >= 0.3 is 0 Å². The third-order valence-electron chi connectivity index (χ3n) is 3.45. The Morgan fingerprint density at radius 2 is 2.06 bits per heavy atom. The van der Waals surface area contributed by atoms with E-state index in [-0.39, 0.29) is 5.25 Å². The van der Waals surface area contributed by atoms with Crippen LogP contribution in [-0.4, -0.2) is 57.5 Å². The fourth-order valence-corrected chi connectivity index (χ4v) is 4.27. The van der Waals surface area contributed by atoms with Crippen LogP contribution in [0.5, 0.6) is 0 Å². The van der Waals surface area contributed by atoms with Crippen molar-refractivity contribution in [3.8, 4) is 0 Å². The summed E-state index contributed by atoms with van der Waals surface area (Å²) in [6.07, 6.45) is 2.74. The van der Waals surface area contributed by atoms with Crippen molar-refractivity contribution in [2.75, 3.05) is 39.0 Å². The molecule has 108 valence electrons. The van der Waals surface area contributed by atoms with Gasteiger partial charge in [-0.05, 0) is 32.4 Å². The lowest BCUT2D eigenvalue weighted by Gasteiger charge is -2.27. The number of nitrogens with zero attached hydrogens (tertiary/aromatic N) is 1. The van der Waals surface area contributed by atoms with Crippen molar-refractivity contribution in [2.24, 2.45) is 5.92 Å². The maximum atomic E-state index is 11.9. The van der Waals surface area contributed by atoms with Crippen molar-refractivity contribution in [1.82, 2.24) is 10.2 Å². The summed E-state index contributed by atoms with van der Waals surface area (Å²) in [6.45, 7) is 7.93. The third kappa shape index (κ3) is 5.67. The minimum atomic E-state index is -2.82. The average Bonchev–Trinajstić information content (AvgIpc) is 2.27. The minimum absolute atomic E-state index is 0.138. The lowest BCUT2D eigenvalue weighted by molar-refractivity contribution is 0.317. The van der Waals surface area contributed by atoms with Gasteiger partial charge in [0.1, 0.15) is 0 Å². The molecule has 0 spiro atoms. The molecule has 1 saturated heterocycles. The first-order valence-electron chi connectivity index (χ1n) is 7.02. The molecule has 1 fully saturated rings. The Kier molecular flexibility index (Phi) is 6.60. The smallest absolute Gasteiger partial charge is 0.154 e. The Bertz CT molecular complexity index is 328. The number of sulfone groups is 1. The van der Waals surface area contributed by atoms with E-state index in [2.05, 4.69) is 24.1 Å². The van der Waals surface area contributed by atoms with E-state index >= 15 is 0 Å². The molecule has 0 aromatic carbocycles. The molecular weight excluding hydrogens is 248 g/mol. The molecule has 5 heteroatoms. The Morgan fingerprint density at radius 1 is 1.33 bits per heavy atom. The summed E-state index contributed by atoms with van der Waals surface area (Å²) in [5.74, 6) is 1.05. The molecule has 1 aliphatic rings. The van der Waals surface area contributed by atoms with Crippen LogP contribution in [0.2, 0.25) is 0 Å². The van der Waals surface area contributed by atoms with Gasteiger partial charge in [-0.1, -0.05) is 20.3 Å². The summed E-state index contributed by atoms with van der Waals surface area (Å²) in [5, 5.41) is 3.24. The highest BCUT2D eigenvalue weighted by atomic mass is 32.2. The molecule has 1 heterocycles. The van der Waals surface area contributed by atoms with E-state index in [0.717, 1.165) is 38.9 Å². The molecule has 0 aromatic heterocycles. The quantitative estimate of drug-likeness (QED) is 0.708. The van der Waals surface area contributed by atoms with E-state index in [4.69, 9.17) is 0 Å². The van der Waals surface area contributed by atoms with Gasteiger partial charge in [0.05, 0.1) is 11.0 Å². The van der Waals surface area contributed by atoms with Crippen molar-refractivity contribution < 1.29 is 8.42 Å². The van der Waals surface area contributed by atoms with Crippen LogP contribution in [0.25, 0.3) is 0 Å². The normalized spacial score (nSPS) is 23.7. The topological polar surface area (TPSA) is 49.4 Å². The van der Waals surface area contributed by atoms with E-state index in [9.17, 15) is 8.42 Å². The Hall–Kier alpha value is -0.130.